The normalized spacial score (nSPS) is 20.4. The summed E-state index contributed by atoms with van der Waals surface area (Å²) in [5.41, 5.74) is 1.03. The van der Waals surface area contributed by atoms with E-state index in [1.165, 1.54) is 0 Å². The van der Waals surface area contributed by atoms with Crippen LogP contribution in [0.4, 0.5) is 5.69 Å². The minimum Gasteiger partial charge on any atom is -0.454 e. The van der Waals surface area contributed by atoms with E-state index in [4.69, 9.17) is 16.3 Å². The number of carbonyl (C=O) groups excluding carboxylic acids is 3. The lowest BCUT2D eigenvalue weighted by atomic mass is 10.2. The Labute approximate surface area is 150 Å². The molecule has 0 spiro atoms. The number of hydrogen-bond donors (Lipinski definition) is 1. The number of hydrogen-bond acceptors (Lipinski definition) is 5. The van der Waals surface area contributed by atoms with E-state index in [1.807, 2.05) is 24.3 Å². The first kappa shape index (κ1) is 17.5. The van der Waals surface area contributed by atoms with E-state index in [0.717, 1.165) is 5.69 Å². The van der Waals surface area contributed by atoms with Crippen molar-refractivity contribution in [2.24, 2.45) is 0 Å². The van der Waals surface area contributed by atoms with Crippen molar-refractivity contribution >= 4 is 35.1 Å². The molecule has 2 saturated heterocycles. The molecule has 0 unspecified atom stereocenters. The van der Waals surface area contributed by atoms with Crippen molar-refractivity contribution in [2.45, 2.75) is 18.9 Å². The number of anilines is 1. The molecule has 2 heterocycles. The number of nitrogens with one attached hydrogen (secondary N) is 1. The minimum absolute atomic E-state index is 0.162. The quantitative estimate of drug-likeness (QED) is 0.799. The lowest BCUT2D eigenvalue weighted by Crippen LogP contribution is -2.50. The van der Waals surface area contributed by atoms with Crippen LogP contribution in [0.3, 0.4) is 0 Å². The summed E-state index contributed by atoms with van der Waals surface area (Å²) in [6.45, 7) is 2.21. The summed E-state index contributed by atoms with van der Waals surface area (Å²) in [7, 11) is 0. The average molecular weight is 366 g/mol. The van der Waals surface area contributed by atoms with Crippen molar-refractivity contribution < 1.29 is 19.1 Å². The number of nitrogens with zero attached hydrogens (tertiary/aromatic N) is 2. The Bertz CT molecular complexity index is 674. The number of piperazine rings is 1. The van der Waals surface area contributed by atoms with Crippen LogP contribution in [-0.4, -0.2) is 61.5 Å². The lowest BCUT2D eigenvalue weighted by Gasteiger charge is -2.36. The fraction of sp³-hybridized carbons (Fsp3) is 0.471. The summed E-state index contributed by atoms with van der Waals surface area (Å²) in [4.78, 5) is 39.0. The molecule has 8 heteroatoms. The molecule has 1 N–H and O–H groups in total. The van der Waals surface area contributed by atoms with Crippen molar-refractivity contribution in [2.75, 3.05) is 37.7 Å². The second-order valence-electron chi connectivity index (χ2n) is 6.11. The maximum atomic E-state index is 12.2. The second kappa shape index (κ2) is 7.74. The molecule has 7 nitrogen and oxygen atoms in total. The van der Waals surface area contributed by atoms with Gasteiger partial charge in [0.05, 0.1) is 0 Å². The Balaban J connectivity index is 1.44. The van der Waals surface area contributed by atoms with Crippen LogP contribution in [0.5, 0.6) is 0 Å². The van der Waals surface area contributed by atoms with Gasteiger partial charge in [0.1, 0.15) is 6.04 Å². The van der Waals surface area contributed by atoms with Crippen LogP contribution in [0.25, 0.3) is 0 Å². The summed E-state index contributed by atoms with van der Waals surface area (Å²) in [5.74, 6) is -0.925. The van der Waals surface area contributed by atoms with Crippen LogP contribution in [0.1, 0.15) is 12.8 Å². The maximum Gasteiger partial charge on any atom is 0.329 e. The van der Waals surface area contributed by atoms with Gasteiger partial charge in [-0.15, -0.1) is 0 Å². The van der Waals surface area contributed by atoms with Crippen LogP contribution in [0.2, 0.25) is 5.02 Å². The number of rotatable bonds is 4. The van der Waals surface area contributed by atoms with Gasteiger partial charge in [0, 0.05) is 43.3 Å². The standard InChI is InChI=1S/C17H20ClN3O4/c18-12-2-1-3-13(10-12)20-6-8-21(9-7-20)16(23)11-25-17(24)14-4-5-15(22)19-14/h1-3,10,14H,4-9,11H2,(H,19,22)/t14-/m0/s1. The molecule has 2 aliphatic rings. The fourth-order valence-corrected chi connectivity index (χ4v) is 3.19. The highest BCUT2D eigenvalue weighted by molar-refractivity contribution is 6.30. The van der Waals surface area contributed by atoms with Crippen LogP contribution < -0.4 is 10.2 Å². The highest BCUT2D eigenvalue weighted by Gasteiger charge is 2.29. The Hall–Kier alpha value is -2.28. The Morgan fingerprint density at radius 1 is 1.24 bits per heavy atom. The number of benzene rings is 1. The predicted octanol–water partition coefficient (Wildman–Crippen LogP) is 0.810. The number of ether oxygens (including phenoxy) is 1. The van der Waals surface area contributed by atoms with E-state index < -0.39 is 12.0 Å². The minimum atomic E-state index is -0.625. The van der Waals surface area contributed by atoms with Crippen molar-refractivity contribution in [3.63, 3.8) is 0 Å². The number of halogens is 1. The van der Waals surface area contributed by atoms with E-state index in [-0.39, 0.29) is 18.4 Å². The largest absolute Gasteiger partial charge is 0.454 e. The molecule has 2 amide bonds. The van der Waals surface area contributed by atoms with Crippen molar-refractivity contribution in [1.82, 2.24) is 10.2 Å². The molecule has 1 atom stereocenters. The Kier molecular flexibility index (Phi) is 5.43. The summed E-state index contributed by atoms with van der Waals surface area (Å²) in [5, 5.41) is 3.21. The van der Waals surface area contributed by atoms with E-state index in [9.17, 15) is 14.4 Å². The third-order valence-corrected chi connectivity index (χ3v) is 4.66. The molecule has 0 aromatic heterocycles. The van der Waals surface area contributed by atoms with Crippen LogP contribution in [0.15, 0.2) is 24.3 Å². The summed E-state index contributed by atoms with van der Waals surface area (Å²) in [6.07, 6.45) is 0.739. The molecular formula is C17H20ClN3O4. The van der Waals surface area contributed by atoms with Gasteiger partial charge in [-0.05, 0) is 24.6 Å². The van der Waals surface area contributed by atoms with Crippen molar-refractivity contribution in [3.8, 4) is 0 Å². The number of esters is 1. The smallest absolute Gasteiger partial charge is 0.329 e. The van der Waals surface area contributed by atoms with Gasteiger partial charge in [0.15, 0.2) is 6.61 Å². The molecule has 3 rings (SSSR count). The van der Waals surface area contributed by atoms with Crippen molar-refractivity contribution in [3.05, 3.63) is 29.3 Å². The predicted molar refractivity (Wildman–Crippen MR) is 92.4 cm³/mol. The molecule has 1 aromatic carbocycles. The zero-order valence-corrected chi connectivity index (χ0v) is 14.5. The third kappa shape index (κ3) is 4.42. The van der Waals surface area contributed by atoms with Gasteiger partial charge in [-0.3, -0.25) is 9.59 Å². The molecular weight excluding hydrogens is 346 g/mol. The van der Waals surface area contributed by atoms with Crippen LogP contribution >= 0.6 is 11.6 Å². The molecule has 25 heavy (non-hydrogen) atoms. The average Bonchev–Trinajstić information content (AvgIpc) is 3.06. The molecule has 0 bridgehead atoms. The Morgan fingerprint density at radius 2 is 2.00 bits per heavy atom. The van der Waals surface area contributed by atoms with Gasteiger partial charge in [0.2, 0.25) is 5.91 Å². The van der Waals surface area contributed by atoms with Crippen molar-refractivity contribution in [1.29, 1.82) is 0 Å². The van der Waals surface area contributed by atoms with Crippen LogP contribution in [-0.2, 0) is 19.1 Å². The maximum absolute atomic E-state index is 12.2. The lowest BCUT2D eigenvalue weighted by molar-refractivity contribution is -0.153. The topological polar surface area (TPSA) is 79.0 Å². The first-order valence-electron chi connectivity index (χ1n) is 8.27. The third-order valence-electron chi connectivity index (χ3n) is 4.42. The molecule has 2 fully saturated rings. The van der Waals surface area contributed by atoms with Gasteiger partial charge in [-0.2, -0.15) is 0 Å². The first-order chi connectivity index (χ1) is 12.0. The zero-order chi connectivity index (χ0) is 17.8. The molecule has 2 aliphatic heterocycles. The van der Waals surface area contributed by atoms with Gasteiger partial charge >= 0.3 is 5.97 Å². The number of amides is 2. The van der Waals surface area contributed by atoms with E-state index in [2.05, 4.69) is 10.2 Å². The number of carbonyl (C=O) groups is 3. The highest BCUT2D eigenvalue weighted by atomic mass is 35.5. The molecule has 0 aliphatic carbocycles. The molecule has 1 aromatic rings. The molecule has 0 saturated carbocycles. The summed E-state index contributed by atoms with van der Waals surface area (Å²) in [6, 6.07) is 6.99. The van der Waals surface area contributed by atoms with E-state index in [0.29, 0.717) is 44.0 Å². The monoisotopic (exact) mass is 365 g/mol. The van der Waals surface area contributed by atoms with Gasteiger partial charge in [0.25, 0.3) is 5.91 Å². The summed E-state index contributed by atoms with van der Waals surface area (Å²) < 4.78 is 5.04. The fourth-order valence-electron chi connectivity index (χ4n) is 3.00. The SMILES string of the molecule is O=C1CC[C@@H](C(=O)OCC(=O)N2CCN(c3cccc(Cl)c3)CC2)N1. The molecule has 134 valence electrons. The highest BCUT2D eigenvalue weighted by Crippen LogP contribution is 2.20. The van der Waals surface area contributed by atoms with Crippen LogP contribution in [0, 0.1) is 0 Å². The first-order valence-corrected chi connectivity index (χ1v) is 8.65. The second-order valence-corrected chi connectivity index (χ2v) is 6.55. The van der Waals surface area contributed by atoms with E-state index in [1.54, 1.807) is 4.90 Å². The Morgan fingerprint density at radius 3 is 2.64 bits per heavy atom. The van der Waals surface area contributed by atoms with E-state index >= 15 is 0 Å². The van der Waals surface area contributed by atoms with Gasteiger partial charge < -0.3 is 19.9 Å². The molecule has 0 radical (unpaired) electrons. The van der Waals surface area contributed by atoms with Gasteiger partial charge in [-0.25, -0.2) is 4.79 Å². The van der Waals surface area contributed by atoms with Gasteiger partial charge in [-0.1, -0.05) is 17.7 Å². The zero-order valence-electron chi connectivity index (χ0n) is 13.7. The summed E-state index contributed by atoms with van der Waals surface area (Å²) >= 11 is 6.01.